The molecule has 0 heterocycles. The van der Waals surface area contributed by atoms with Crippen molar-refractivity contribution in [2.75, 3.05) is 0 Å². The molecule has 0 aliphatic rings. The summed E-state index contributed by atoms with van der Waals surface area (Å²) in [4.78, 5) is -0.328. The maximum atomic E-state index is 11.5. The summed E-state index contributed by atoms with van der Waals surface area (Å²) in [5, 5.41) is 19.5. The molecule has 0 radical (unpaired) electrons. The molecule has 0 fully saturated rings. The van der Waals surface area contributed by atoms with Crippen molar-refractivity contribution < 1.29 is 18.1 Å². The highest BCUT2D eigenvalue weighted by Gasteiger charge is 2.16. The summed E-state index contributed by atoms with van der Waals surface area (Å²) >= 11 is 0. The van der Waals surface area contributed by atoms with Crippen LogP contribution in [0.2, 0.25) is 0 Å². The monoisotopic (exact) mass is 342 g/mol. The summed E-state index contributed by atoms with van der Waals surface area (Å²) < 4.78 is 32.3. The molecule has 0 saturated heterocycles. The standard InChI is InChI=1S/C17H14N2O4S/c1-11-6-8-14(16(10-11)24(21,22)23)18-19-17-13-5-3-2-4-12(13)7-9-15(17)20/h2-10,20H,1H3,(H,21,22,23). The van der Waals surface area contributed by atoms with Crippen molar-refractivity contribution in [1.82, 2.24) is 0 Å². The number of nitrogens with zero attached hydrogens (tertiary/aromatic N) is 2. The Morgan fingerprint density at radius 2 is 1.71 bits per heavy atom. The number of aryl methyl sites for hydroxylation is 1. The third-order valence-corrected chi connectivity index (χ3v) is 4.41. The average Bonchev–Trinajstić information content (AvgIpc) is 2.54. The van der Waals surface area contributed by atoms with E-state index in [1.54, 1.807) is 31.2 Å². The lowest BCUT2D eigenvalue weighted by Crippen LogP contribution is -1.98. The average molecular weight is 342 g/mol. The van der Waals surface area contributed by atoms with Crippen LogP contribution in [0.5, 0.6) is 5.75 Å². The van der Waals surface area contributed by atoms with Crippen LogP contribution in [0.15, 0.2) is 69.7 Å². The lowest BCUT2D eigenvalue weighted by molar-refractivity contribution is 0.477. The fourth-order valence-electron chi connectivity index (χ4n) is 2.36. The lowest BCUT2D eigenvalue weighted by atomic mass is 10.1. The predicted octanol–water partition coefficient (Wildman–Crippen LogP) is 4.52. The first-order chi connectivity index (χ1) is 11.4. The number of azo groups is 1. The second-order valence-electron chi connectivity index (χ2n) is 5.30. The summed E-state index contributed by atoms with van der Waals surface area (Å²) in [6, 6.07) is 15.0. The number of rotatable bonds is 3. The predicted molar refractivity (Wildman–Crippen MR) is 90.8 cm³/mol. The summed E-state index contributed by atoms with van der Waals surface area (Å²) in [7, 11) is -4.43. The number of phenolic OH excluding ortho intramolecular Hbond substituents is 1. The van der Waals surface area contributed by atoms with E-state index in [4.69, 9.17) is 0 Å². The van der Waals surface area contributed by atoms with Crippen LogP contribution in [0.1, 0.15) is 5.56 Å². The number of aromatic hydroxyl groups is 1. The molecule has 3 aromatic carbocycles. The molecule has 7 heteroatoms. The van der Waals surface area contributed by atoms with Gasteiger partial charge in [-0.15, -0.1) is 10.2 Å². The topological polar surface area (TPSA) is 99.3 Å². The molecular formula is C17H14N2O4S. The molecule has 0 saturated carbocycles. The number of hydrogen-bond donors (Lipinski definition) is 2. The molecule has 0 aromatic heterocycles. The third kappa shape index (κ3) is 3.12. The quantitative estimate of drug-likeness (QED) is 0.540. The minimum Gasteiger partial charge on any atom is -0.506 e. The van der Waals surface area contributed by atoms with Gasteiger partial charge in [-0.1, -0.05) is 36.4 Å². The van der Waals surface area contributed by atoms with Gasteiger partial charge in [0.15, 0.2) is 0 Å². The Bertz CT molecular complexity index is 1060. The van der Waals surface area contributed by atoms with Gasteiger partial charge in [-0.05, 0) is 36.1 Å². The largest absolute Gasteiger partial charge is 0.506 e. The van der Waals surface area contributed by atoms with Gasteiger partial charge in [-0.25, -0.2) is 0 Å². The van der Waals surface area contributed by atoms with E-state index in [9.17, 15) is 18.1 Å². The zero-order chi connectivity index (χ0) is 17.3. The van der Waals surface area contributed by atoms with E-state index in [-0.39, 0.29) is 22.0 Å². The van der Waals surface area contributed by atoms with E-state index in [2.05, 4.69) is 10.2 Å². The Balaban J connectivity index is 2.15. The fraction of sp³-hybridized carbons (Fsp3) is 0.0588. The van der Waals surface area contributed by atoms with Gasteiger partial charge in [0.05, 0.1) is 0 Å². The number of fused-ring (bicyclic) bond motifs is 1. The maximum Gasteiger partial charge on any atom is 0.296 e. The molecule has 0 amide bonds. The van der Waals surface area contributed by atoms with Gasteiger partial charge in [-0.2, -0.15) is 8.42 Å². The van der Waals surface area contributed by atoms with Crippen molar-refractivity contribution in [3.63, 3.8) is 0 Å². The van der Waals surface area contributed by atoms with Crippen LogP contribution in [0.3, 0.4) is 0 Å². The molecule has 0 atom stereocenters. The van der Waals surface area contributed by atoms with Gasteiger partial charge < -0.3 is 5.11 Å². The Morgan fingerprint density at radius 1 is 0.958 bits per heavy atom. The SMILES string of the molecule is Cc1ccc(N=Nc2c(O)ccc3ccccc23)c(S(=O)(=O)O)c1. The van der Waals surface area contributed by atoms with Crippen LogP contribution in [0, 0.1) is 6.92 Å². The van der Waals surface area contributed by atoms with E-state index in [1.807, 2.05) is 12.1 Å². The van der Waals surface area contributed by atoms with Crippen molar-refractivity contribution in [2.45, 2.75) is 11.8 Å². The summed E-state index contributed by atoms with van der Waals surface area (Å²) in [6.07, 6.45) is 0. The first kappa shape index (κ1) is 16.1. The Labute approximate surface area is 138 Å². The molecule has 122 valence electrons. The molecular weight excluding hydrogens is 328 g/mol. The second kappa shape index (κ2) is 6.03. The minimum atomic E-state index is -4.43. The highest BCUT2D eigenvalue weighted by atomic mass is 32.2. The van der Waals surface area contributed by atoms with E-state index in [0.29, 0.717) is 10.9 Å². The molecule has 0 aliphatic carbocycles. The van der Waals surface area contributed by atoms with Gasteiger partial charge >= 0.3 is 0 Å². The van der Waals surface area contributed by atoms with Gasteiger partial charge in [-0.3, -0.25) is 4.55 Å². The summed E-state index contributed by atoms with van der Waals surface area (Å²) in [6.45, 7) is 1.70. The number of phenols is 1. The molecule has 3 rings (SSSR count). The van der Waals surface area contributed by atoms with E-state index < -0.39 is 10.1 Å². The molecule has 6 nitrogen and oxygen atoms in total. The molecule has 0 bridgehead atoms. The van der Waals surface area contributed by atoms with Crippen molar-refractivity contribution in [3.8, 4) is 5.75 Å². The molecule has 24 heavy (non-hydrogen) atoms. The van der Waals surface area contributed by atoms with Crippen LogP contribution in [-0.4, -0.2) is 18.1 Å². The van der Waals surface area contributed by atoms with E-state index in [0.717, 1.165) is 5.39 Å². The van der Waals surface area contributed by atoms with Crippen LogP contribution in [-0.2, 0) is 10.1 Å². The second-order valence-corrected chi connectivity index (χ2v) is 6.69. The van der Waals surface area contributed by atoms with Crippen molar-refractivity contribution in [2.24, 2.45) is 10.2 Å². The fourth-order valence-corrected chi connectivity index (χ4v) is 3.07. The maximum absolute atomic E-state index is 11.5. The van der Waals surface area contributed by atoms with Gasteiger partial charge in [0.25, 0.3) is 10.1 Å². The molecule has 0 aliphatic heterocycles. The molecule has 0 unspecified atom stereocenters. The third-order valence-electron chi connectivity index (χ3n) is 3.53. The summed E-state index contributed by atoms with van der Waals surface area (Å²) in [5.41, 5.74) is 0.889. The van der Waals surface area contributed by atoms with Crippen LogP contribution in [0.4, 0.5) is 11.4 Å². The first-order valence-corrected chi connectivity index (χ1v) is 8.51. The molecule has 2 N–H and O–H groups in total. The van der Waals surface area contributed by atoms with Crippen LogP contribution in [0.25, 0.3) is 10.8 Å². The van der Waals surface area contributed by atoms with E-state index in [1.165, 1.54) is 18.2 Å². The summed E-state index contributed by atoms with van der Waals surface area (Å²) in [5.74, 6) is -0.0713. The Morgan fingerprint density at radius 3 is 2.46 bits per heavy atom. The minimum absolute atomic E-state index is 0.00423. The van der Waals surface area contributed by atoms with Crippen LogP contribution < -0.4 is 0 Å². The van der Waals surface area contributed by atoms with Gasteiger partial charge in [0, 0.05) is 5.39 Å². The zero-order valence-corrected chi connectivity index (χ0v) is 13.5. The molecule has 0 spiro atoms. The normalized spacial score (nSPS) is 12.1. The lowest BCUT2D eigenvalue weighted by Gasteiger charge is -2.05. The van der Waals surface area contributed by atoms with Crippen LogP contribution >= 0.6 is 0 Å². The van der Waals surface area contributed by atoms with E-state index >= 15 is 0 Å². The van der Waals surface area contributed by atoms with Gasteiger partial charge in [0.1, 0.15) is 22.0 Å². The number of benzene rings is 3. The first-order valence-electron chi connectivity index (χ1n) is 7.07. The Kier molecular flexibility index (Phi) is 4.04. The van der Waals surface area contributed by atoms with Gasteiger partial charge in [0.2, 0.25) is 0 Å². The highest BCUT2D eigenvalue weighted by molar-refractivity contribution is 7.86. The highest BCUT2D eigenvalue weighted by Crippen LogP contribution is 2.36. The van der Waals surface area contributed by atoms with Crippen molar-refractivity contribution >= 4 is 32.3 Å². The Hall–Kier alpha value is -2.77. The smallest absolute Gasteiger partial charge is 0.296 e. The molecule has 3 aromatic rings. The van der Waals surface area contributed by atoms with Crippen molar-refractivity contribution in [3.05, 3.63) is 60.2 Å². The zero-order valence-electron chi connectivity index (χ0n) is 12.7. The van der Waals surface area contributed by atoms with Crippen molar-refractivity contribution in [1.29, 1.82) is 0 Å². The number of hydrogen-bond acceptors (Lipinski definition) is 5.